The van der Waals surface area contributed by atoms with Gasteiger partial charge >= 0.3 is 0 Å². The van der Waals surface area contributed by atoms with Crippen LogP contribution in [0.5, 0.6) is 5.88 Å². The molecule has 14 heavy (non-hydrogen) atoms. The van der Waals surface area contributed by atoms with Crippen LogP contribution in [0.1, 0.15) is 25.1 Å². The summed E-state index contributed by atoms with van der Waals surface area (Å²) < 4.78 is 5.43. The minimum absolute atomic E-state index is 0.00539. The van der Waals surface area contributed by atoms with E-state index in [2.05, 4.69) is 10.3 Å². The summed E-state index contributed by atoms with van der Waals surface area (Å²) in [6.45, 7) is 3.56. The molecule has 4 heteroatoms. The Hall–Kier alpha value is -1.29. The number of anilines is 1. The van der Waals surface area contributed by atoms with Crippen LogP contribution in [0, 0.1) is 0 Å². The van der Waals surface area contributed by atoms with E-state index in [1.165, 1.54) is 0 Å². The molecule has 0 amide bonds. The Balaban J connectivity index is 2.29. The second kappa shape index (κ2) is 3.84. The SMILES string of the molecule is CCC(N)c1ccc2c(n1)OCCN2. The second-order valence-electron chi connectivity index (χ2n) is 3.38. The van der Waals surface area contributed by atoms with Crippen molar-refractivity contribution in [2.45, 2.75) is 19.4 Å². The number of hydrogen-bond acceptors (Lipinski definition) is 4. The minimum Gasteiger partial charge on any atom is -0.474 e. The number of pyridine rings is 1. The van der Waals surface area contributed by atoms with E-state index in [-0.39, 0.29) is 6.04 Å². The van der Waals surface area contributed by atoms with Gasteiger partial charge in [0.2, 0.25) is 5.88 Å². The summed E-state index contributed by atoms with van der Waals surface area (Å²) in [4.78, 5) is 4.37. The van der Waals surface area contributed by atoms with Gasteiger partial charge in [-0.3, -0.25) is 0 Å². The van der Waals surface area contributed by atoms with Gasteiger partial charge in [-0.05, 0) is 18.6 Å². The third-order valence-corrected chi connectivity index (χ3v) is 2.36. The highest BCUT2D eigenvalue weighted by atomic mass is 16.5. The van der Waals surface area contributed by atoms with Crippen LogP contribution in [0.25, 0.3) is 0 Å². The lowest BCUT2D eigenvalue weighted by atomic mass is 10.1. The molecule has 4 nitrogen and oxygen atoms in total. The summed E-state index contributed by atoms with van der Waals surface area (Å²) in [5.41, 5.74) is 7.75. The summed E-state index contributed by atoms with van der Waals surface area (Å²) in [7, 11) is 0. The maximum absolute atomic E-state index is 5.89. The van der Waals surface area contributed by atoms with Crippen molar-refractivity contribution in [3.05, 3.63) is 17.8 Å². The molecule has 3 N–H and O–H groups in total. The van der Waals surface area contributed by atoms with Crippen molar-refractivity contribution in [3.8, 4) is 5.88 Å². The number of nitrogens with two attached hydrogens (primary N) is 1. The molecule has 0 fully saturated rings. The molecule has 0 spiro atoms. The number of fused-ring (bicyclic) bond motifs is 1. The number of ether oxygens (including phenoxy) is 1. The fraction of sp³-hybridized carbons (Fsp3) is 0.500. The highest BCUT2D eigenvalue weighted by molar-refractivity contribution is 5.54. The third kappa shape index (κ3) is 1.65. The van der Waals surface area contributed by atoms with Crippen molar-refractivity contribution in [1.82, 2.24) is 4.98 Å². The molecule has 1 aliphatic rings. The molecule has 0 radical (unpaired) electrons. The van der Waals surface area contributed by atoms with Crippen LogP contribution in [-0.4, -0.2) is 18.1 Å². The Morgan fingerprint density at radius 1 is 1.64 bits per heavy atom. The lowest BCUT2D eigenvalue weighted by Crippen LogP contribution is -2.20. The van der Waals surface area contributed by atoms with Gasteiger partial charge in [-0.25, -0.2) is 4.98 Å². The van der Waals surface area contributed by atoms with Crippen molar-refractivity contribution in [1.29, 1.82) is 0 Å². The molecular formula is C10H15N3O. The average Bonchev–Trinajstić information content (AvgIpc) is 2.27. The lowest BCUT2D eigenvalue weighted by Gasteiger charge is -2.19. The Kier molecular flexibility index (Phi) is 2.54. The van der Waals surface area contributed by atoms with Crippen LogP contribution in [0.2, 0.25) is 0 Å². The standard InChI is InChI=1S/C10H15N3O/c1-2-7(11)8-3-4-9-10(13-8)14-6-5-12-9/h3-4,7,12H,2,5-6,11H2,1H3. The molecule has 0 saturated heterocycles. The Labute approximate surface area is 83.5 Å². The van der Waals surface area contributed by atoms with E-state index in [4.69, 9.17) is 10.5 Å². The first-order valence-corrected chi connectivity index (χ1v) is 4.94. The normalized spacial score (nSPS) is 16.4. The Bertz CT molecular complexity index is 327. The van der Waals surface area contributed by atoms with Gasteiger partial charge in [0, 0.05) is 12.6 Å². The molecular weight excluding hydrogens is 178 g/mol. The Morgan fingerprint density at radius 3 is 3.29 bits per heavy atom. The number of nitrogens with one attached hydrogen (secondary N) is 1. The summed E-state index contributed by atoms with van der Waals surface area (Å²) in [6.07, 6.45) is 0.888. The van der Waals surface area contributed by atoms with Gasteiger partial charge in [-0.1, -0.05) is 6.92 Å². The third-order valence-electron chi connectivity index (χ3n) is 2.36. The zero-order valence-electron chi connectivity index (χ0n) is 8.29. The number of hydrogen-bond donors (Lipinski definition) is 2. The van der Waals surface area contributed by atoms with E-state index in [9.17, 15) is 0 Å². The predicted molar refractivity (Wildman–Crippen MR) is 55.4 cm³/mol. The first-order valence-electron chi connectivity index (χ1n) is 4.94. The topological polar surface area (TPSA) is 60.2 Å². The van der Waals surface area contributed by atoms with Crippen LogP contribution >= 0.6 is 0 Å². The van der Waals surface area contributed by atoms with Gasteiger partial charge < -0.3 is 15.8 Å². The summed E-state index contributed by atoms with van der Waals surface area (Å²) in [6, 6.07) is 3.94. The van der Waals surface area contributed by atoms with Crippen molar-refractivity contribution in [2.75, 3.05) is 18.5 Å². The van der Waals surface area contributed by atoms with E-state index in [1.54, 1.807) is 0 Å². The van der Waals surface area contributed by atoms with E-state index < -0.39 is 0 Å². The molecule has 0 bridgehead atoms. The molecule has 0 aromatic carbocycles. The quantitative estimate of drug-likeness (QED) is 0.743. The summed E-state index contributed by atoms with van der Waals surface area (Å²) >= 11 is 0. The monoisotopic (exact) mass is 193 g/mol. The smallest absolute Gasteiger partial charge is 0.237 e. The van der Waals surface area contributed by atoms with Crippen molar-refractivity contribution in [3.63, 3.8) is 0 Å². The van der Waals surface area contributed by atoms with Gasteiger partial charge in [0.05, 0.1) is 11.4 Å². The van der Waals surface area contributed by atoms with Gasteiger partial charge in [0.25, 0.3) is 0 Å². The molecule has 2 rings (SSSR count). The number of aromatic nitrogens is 1. The van der Waals surface area contributed by atoms with Crippen LogP contribution in [0.4, 0.5) is 5.69 Å². The molecule has 0 saturated carbocycles. The Morgan fingerprint density at radius 2 is 2.50 bits per heavy atom. The summed E-state index contributed by atoms with van der Waals surface area (Å²) in [5.74, 6) is 0.678. The molecule has 2 heterocycles. The lowest BCUT2D eigenvalue weighted by molar-refractivity contribution is 0.308. The van der Waals surface area contributed by atoms with E-state index in [0.717, 1.165) is 24.3 Å². The fourth-order valence-corrected chi connectivity index (χ4v) is 1.45. The highest BCUT2D eigenvalue weighted by Crippen LogP contribution is 2.26. The zero-order valence-corrected chi connectivity index (χ0v) is 8.29. The molecule has 1 atom stereocenters. The maximum atomic E-state index is 5.89. The molecule has 1 aromatic rings. The average molecular weight is 193 g/mol. The van der Waals surface area contributed by atoms with Crippen molar-refractivity contribution < 1.29 is 4.74 Å². The summed E-state index contributed by atoms with van der Waals surface area (Å²) in [5, 5.41) is 3.22. The van der Waals surface area contributed by atoms with Gasteiger partial charge in [0.15, 0.2) is 0 Å². The highest BCUT2D eigenvalue weighted by Gasteiger charge is 2.13. The fourth-order valence-electron chi connectivity index (χ4n) is 1.45. The number of nitrogens with zero attached hydrogens (tertiary/aromatic N) is 1. The minimum atomic E-state index is 0.00539. The first-order chi connectivity index (χ1) is 6.81. The van der Waals surface area contributed by atoms with Crippen LogP contribution in [0.15, 0.2) is 12.1 Å². The van der Waals surface area contributed by atoms with Gasteiger partial charge in [0.1, 0.15) is 6.61 Å². The molecule has 1 unspecified atom stereocenters. The van der Waals surface area contributed by atoms with Gasteiger partial charge in [-0.15, -0.1) is 0 Å². The van der Waals surface area contributed by atoms with Crippen LogP contribution < -0.4 is 15.8 Å². The van der Waals surface area contributed by atoms with E-state index >= 15 is 0 Å². The largest absolute Gasteiger partial charge is 0.474 e. The van der Waals surface area contributed by atoms with Crippen molar-refractivity contribution >= 4 is 5.69 Å². The molecule has 1 aliphatic heterocycles. The first kappa shape index (κ1) is 9.27. The zero-order chi connectivity index (χ0) is 9.97. The maximum Gasteiger partial charge on any atom is 0.237 e. The van der Waals surface area contributed by atoms with Crippen LogP contribution in [0.3, 0.4) is 0 Å². The van der Waals surface area contributed by atoms with E-state index in [0.29, 0.717) is 12.5 Å². The number of rotatable bonds is 2. The molecule has 76 valence electrons. The molecule has 0 aliphatic carbocycles. The predicted octanol–water partition coefficient (Wildman–Crippen LogP) is 1.30. The second-order valence-corrected chi connectivity index (χ2v) is 3.38. The van der Waals surface area contributed by atoms with Gasteiger partial charge in [-0.2, -0.15) is 0 Å². The molecule has 1 aromatic heterocycles. The van der Waals surface area contributed by atoms with Crippen LogP contribution in [-0.2, 0) is 0 Å². The van der Waals surface area contributed by atoms with Crippen molar-refractivity contribution in [2.24, 2.45) is 5.73 Å². The van der Waals surface area contributed by atoms with E-state index in [1.807, 2.05) is 19.1 Å².